The van der Waals surface area contributed by atoms with Crippen LogP contribution in [0.25, 0.3) is 0 Å². The Morgan fingerprint density at radius 1 is 1.54 bits per heavy atom. The fourth-order valence-electron chi connectivity index (χ4n) is 1.50. The van der Waals surface area contributed by atoms with Crippen molar-refractivity contribution in [2.75, 3.05) is 0 Å². The number of carbonyl (C=O) groups is 2. The van der Waals surface area contributed by atoms with Gasteiger partial charge < -0.3 is 10.4 Å². The van der Waals surface area contributed by atoms with Crippen LogP contribution in [-0.4, -0.2) is 23.0 Å². The summed E-state index contributed by atoms with van der Waals surface area (Å²) in [5.74, 6) is -0.900. The van der Waals surface area contributed by atoms with E-state index >= 15 is 0 Å². The van der Waals surface area contributed by atoms with Crippen LogP contribution in [0.15, 0.2) is 0 Å². The van der Waals surface area contributed by atoms with Gasteiger partial charge in [0, 0.05) is 6.04 Å². The van der Waals surface area contributed by atoms with Crippen LogP contribution in [0.4, 0.5) is 0 Å². The van der Waals surface area contributed by atoms with Gasteiger partial charge in [0.05, 0.1) is 0 Å². The molecule has 1 aliphatic carbocycles. The number of carboxylic acids is 1. The summed E-state index contributed by atoms with van der Waals surface area (Å²) in [5.41, 5.74) is 0. The van der Waals surface area contributed by atoms with Crippen LogP contribution >= 0.6 is 0 Å². The van der Waals surface area contributed by atoms with Crippen molar-refractivity contribution in [2.45, 2.75) is 38.6 Å². The predicted molar refractivity (Wildman–Crippen MR) is 47.2 cm³/mol. The second kappa shape index (κ2) is 4.25. The Bertz CT molecular complexity index is 211. The molecule has 0 spiro atoms. The maximum atomic E-state index is 11.0. The van der Waals surface area contributed by atoms with E-state index in [1.807, 2.05) is 6.92 Å². The second-order valence-corrected chi connectivity index (χ2v) is 3.62. The topological polar surface area (TPSA) is 66.4 Å². The highest BCUT2D eigenvalue weighted by atomic mass is 16.4. The third kappa shape index (κ3) is 3.05. The zero-order valence-corrected chi connectivity index (χ0v) is 7.75. The van der Waals surface area contributed by atoms with Gasteiger partial charge in [-0.3, -0.25) is 9.59 Å². The standard InChI is InChI=1S/C9H15NO3/c1-6(7-3-2-4-7)10-8(11)5-9(12)13/h6-7H,2-5H2,1H3,(H,10,11)(H,12,13). The van der Waals surface area contributed by atoms with Crippen LogP contribution in [0.2, 0.25) is 0 Å². The van der Waals surface area contributed by atoms with Gasteiger partial charge in [-0.05, 0) is 25.7 Å². The molecule has 0 heterocycles. The Hall–Kier alpha value is -1.06. The van der Waals surface area contributed by atoms with Crippen LogP contribution in [0.1, 0.15) is 32.6 Å². The monoisotopic (exact) mass is 185 g/mol. The SMILES string of the molecule is CC(NC(=O)CC(=O)O)C1CCC1. The zero-order valence-electron chi connectivity index (χ0n) is 7.75. The van der Waals surface area contributed by atoms with Gasteiger partial charge in [-0.15, -0.1) is 0 Å². The predicted octanol–water partition coefficient (Wildman–Crippen LogP) is 0.766. The minimum Gasteiger partial charge on any atom is -0.481 e. The van der Waals surface area contributed by atoms with E-state index in [9.17, 15) is 9.59 Å². The average Bonchev–Trinajstić information content (AvgIpc) is 1.78. The molecule has 1 unspecified atom stereocenters. The van der Waals surface area contributed by atoms with Crippen molar-refractivity contribution < 1.29 is 14.7 Å². The molecule has 0 saturated heterocycles. The molecule has 2 N–H and O–H groups in total. The fraction of sp³-hybridized carbons (Fsp3) is 0.778. The van der Waals surface area contributed by atoms with Crippen molar-refractivity contribution >= 4 is 11.9 Å². The Morgan fingerprint density at radius 3 is 2.54 bits per heavy atom. The first kappa shape index (κ1) is 10.0. The molecule has 1 amide bonds. The summed E-state index contributed by atoms with van der Waals surface area (Å²) in [7, 11) is 0. The lowest BCUT2D eigenvalue weighted by Gasteiger charge is -2.31. The molecule has 0 aromatic carbocycles. The van der Waals surface area contributed by atoms with Gasteiger partial charge in [0.2, 0.25) is 5.91 Å². The van der Waals surface area contributed by atoms with E-state index < -0.39 is 12.4 Å². The molecule has 0 aliphatic heterocycles. The highest BCUT2D eigenvalue weighted by molar-refractivity contribution is 5.93. The Balaban J connectivity index is 2.22. The third-order valence-electron chi connectivity index (χ3n) is 2.56. The minimum absolute atomic E-state index is 0.126. The summed E-state index contributed by atoms with van der Waals surface area (Å²) < 4.78 is 0. The maximum absolute atomic E-state index is 11.0. The highest BCUT2D eigenvalue weighted by Gasteiger charge is 2.25. The van der Waals surface area contributed by atoms with Crippen molar-refractivity contribution in [3.8, 4) is 0 Å². The molecule has 4 heteroatoms. The lowest BCUT2D eigenvalue weighted by atomic mass is 9.80. The van der Waals surface area contributed by atoms with Gasteiger partial charge in [-0.25, -0.2) is 0 Å². The molecule has 1 fully saturated rings. The van der Waals surface area contributed by atoms with Gasteiger partial charge in [-0.2, -0.15) is 0 Å². The molecule has 4 nitrogen and oxygen atoms in total. The number of carbonyl (C=O) groups excluding carboxylic acids is 1. The molecule has 1 saturated carbocycles. The van der Waals surface area contributed by atoms with Crippen LogP contribution in [0.5, 0.6) is 0 Å². The largest absolute Gasteiger partial charge is 0.481 e. The van der Waals surface area contributed by atoms with Gasteiger partial charge in [0.1, 0.15) is 6.42 Å². The molecular formula is C9H15NO3. The van der Waals surface area contributed by atoms with E-state index in [1.165, 1.54) is 6.42 Å². The molecule has 0 aromatic heterocycles. The van der Waals surface area contributed by atoms with E-state index in [0.29, 0.717) is 5.92 Å². The molecule has 1 atom stereocenters. The van der Waals surface area contributed by atoms with Gasteiger partial charge in [0.25, 0.3) is 0 Å². The lowest BCUT2D eigenvalue weighted by Crippen LogP contribution is -2.41. The Kier molecular flexibility index (Phi) is 3.28. The number of rotatable bonds is 4. The van der Waals surface area contributed by atoms with Gasteiger partial charge >= 0.3 is 5.97 Å². The quantitative estimate of drug-likeness (QED) is 0.635. The number of nitrogens with one attached hydrogen (secondary N) is 1. The summed E-state index contributed by atoms with van der Waals surface area (Å²) >= 11 is 0. The van der Waals surface area contributed by atoms with Crippen molar-refractivity contribution in [3.05, 3.63) is 0 Å². The first-order valence-corrected chi connectivity index (χ1v) is 4.60. The Morgan fingerprint density at radius 2 is 2.15 bits per heavy atom. The summed E-state index contributed by atoms with van der Waals surface area (Å²) in [6, 6.07) is 0.126. The van der Waals surface area contributed by atoms with Crippen LogP contribution in [0, 0.1) is 5.92 Å². The van der Waals surface area contributed by atoms with Gasteiger partial charge in [0.15, 0.2) is 0 Å². The first-order valence-electron chi connectivity index (χ1n) is 4.60. The molecule has 0 aromatic rings. The number of hydrogen-bond donors (Lipinski definition) is 2. The molecule has 1 aliphatic rings. The third-order valence-corrected chi connectivity index (χ3v) is 2.56. The first-order chi connectivity index (χ1) is 6.09. The summed E-state index contributed by atoms with van der Waals surface area (Å²) in [5, 5.41) is 11.0. The van der Waals surface area contributed by atoms with E-state index in [0.717, 1.165) is 12.8 Å². The number of carboxylic acid groups (broad SMARTS) is 1. The Labute approximate surface area is 77.3 Å². The fourth-order valence-corrected chi connectivity index (χ4v) is 1.50. The average molecular weight is 185 g/mol. The second-order valence-electron chi connectivity index (χ2n) is 3.62. The summed E-state index contributed by atoms with van der Waals surface area (Å²) in [6.45, 7) is 1.93. The molecule has 1 rings (SSSR count). The maximum Gasteiger partial charge on any atom is 0.312 e. The normalized spacial score (nSPS) is 18.8. The van der Waals surface area contributed by atoms with E-state index in [4.69, 9.17) is 5.11 Å². The molecule has 74 valence electrons. The van der Waals surface area contributed by atoms with E-state index in [-0.39, 0.29) is 11.9 Å². The zero-order chi connectivity index (χ0) is 9.84. The number of amides is 1. The van der Waals surface area contributed by atoms with Crippen LogP contribution in [0.3, 0.4) is 0 Å². The lowest BCUT2D eigenvalue weighted by molar-refractivity contribution is -0.141. The van der Waals surface area contributed by atoms with E-state index in [1.54, 1.807) is 0 Å². The van der Waals surface area contributed by atoms with Crippen molar-refractivity contribution in [1.82, 2.24) is 5.32 Å². The summed E-state index contributed by atoms with van der Waals surface area (Å²) in [6.07, 6.45) is 3.10. The highest BCUT2D eigenvalue weighted by Crippen LogP contribution is 2.29. The van der Waals surface area contributed by atoms with Crippen molar-refractivity contribution in [1.29, 1.82) is 0 Å². The van der Waals surface area contributed by atoms with Crippen molar-refractivity contribution in [2.24, 2.45) is 5.92 Å². The number of hydrogen-bond acceptors (Lipinski definition) is 2. The summed E-state index contributed by atoms with van der Waals surface area (Å²) in [4.78, 5) is 21.2. The van der Waals surface area contributed by atoms with Crippen molar-refractivity contribution in [3.63, 3.8) is 0 Å². The molecule has 0 radical (unpaired) electrons. The molecule has 13 heavy (non-hydrogen) atoms. The minimum atomic E-state index is -1.07. The molecule has 0 bridgehead atoms. The number of aliphatic carboxylic acids is 1. The van der Waals surface area contributed by atoms with Crippen LogP contribution < -0.4 is 5.32 Å². The smallest absolute Gasteiger partial charge is 0.312 e. The van der Waals surface area contributed by atoms with Crippen LogP contribution in [-0.2, 0) is 9.59 Å². The molecular weight excluding hydrogens is 170 g/mol. The van der Waals surface area contributed by atoms with Gasteiger partial charge in [-0.1, -0.05) is 6.42 Å². The van der Waals surface area contributed by atoms with E-state index in [2.05, 4.69) is 5.32 Å².